The molecule has 2 heteroatoms. The van der Waals surface area contributed by atoms with Crippen molar-refractivity contribution in [1.29, 1.82) is 0 Å². The third-order valence-corrected chi connectivity index (χ3v) is 3.47. The lowest BCUT2D eigenvalue weighted by Crippen LogP contribution is -2.49. The molecule has 3 aliphatic rings. The number of hydrogen-bond donors (Lipinski definition) is 2. The van der Waals surface area contributed by atoms with Crippen LogP contribution >= 0.6 is 0 Å². The van der Waals surface area contributed by atoms with Gasteiger partial charge in [0.1, 0.15) is 0 Å². The third kappa shape index (κ3) is 1.00. The van der Waals surface area contributed by atoms with Crippen LogP contribution in [-0.4, -0.2) is 24.7 Å². The van der Waals surface area contributed by atoms with Crippen molar-refractivity contribution in [3.63, 3.8) is 0 Å². The van der Waals surface area contributed by atoms with Crippen LogP contribution in [0.2, 0.25) is 0 Å². The van der Waals surface area contributed by atoms with Crippen molar-refractivity contribution >= 4 is 0 Å². The molecule has 0 unspecified atom stereocenters. The van der Waals surface area contributed by atoms with Gasteiger partial charge in [0.15, 0.2) is 0 Å². The second-order valence-electron chi connectivity index (χ2n) is 4.59. The van der Waals surface area contributed by atoms with E-state index in [-0.39, 0.29) is 0 Å². The zero-order chi connectivity index (χ0) is 7.31. The van der Waals surface area contributed by atoms with E-state index < -0.39 is 0 Å². The summed E-state index contributed by atoms with van der Waals surface area (Å²) >= 11 is 0. The number of hydrogen-bond acceptors (Lipinski definition) is 2. The van der Waals surface area contributed by atoms with Crippen LogP contribution in [0, 0.1) is 5.92 Å². The summed E-state index contributed by atoms with van der Waals surface area (Å²) < 4.78 is 0. The van der Waals surface area contributed by atoms with Crippen LogP contribution in [0.15, 0.2) is 0 Å². The molecule has 3 fully saturated rings. The van der Waals surface area contributed by atoms with Crippen molar-refractivity contribution < 1.29 is 0 Å². The lowest BCUT2D eigenvalue weighted by Gasteiger charge is -2.27. The van der Waals surface area contributed by atoms with Gasteiger partial charge in [-0.1, -0.05) is 12.8 Å². The fraction of sp³-hybridized carbons (Fsp3) is 1.00. The highest BCUT2D eigenvalue weighted by Gasteiger charge is 2.46. The molecule has 2 saturated heterocycles. The molecule has 0 aromatic heterocycles. The molecule has 2 heterocycles. The molecule has 0 radical (unpaired) electrons. The molecule has 2 N–H and O–H groups in total. The summed E-state index contributed by atoms with van der Waals surface area (Å²) in [6.45, 7) is 2.45. The summed E-state index contributed by atoms with van der Waals surface area (Å²) in [5, 5.41) is 7.25. The van der Waals surface area contributed by atoms with Crippen LogP contribution in [-0.2, 0) is 0 Å². The molecule has 1 aliphatic carbocycles. The number of piperazine rings is 1. The van der Waals surface area contributed by atoms with Crippen LogP contribution in [0.3, 0.4) is 0 Å². The first kappa shape index (κ1) is 6.44. The highest BCUT2D eigenvalue weighted by molar-refractivity contribution is 5.09. The van der Waals surface area contributed by atoms with Crippen LogP contribution in [0.25, 0.3) is 0 Å². The minimum atomic E-state index is 0.534. The van der Waals surface area contributed by atoms with Crippen LogP contribution in [0.4, 0.5) is 0 Å². The van der Waals surface area contributed by atoms with Gasteiger partial charge in [0.05, 0.1) is 0 Å². The lowest BCUT2D eigenvalue weighted by atomic mass is 9.93. The van der Waals surface area contributed by atoms with Gasteiger partial charge in [-0.3, -0.25) is 0 Å². The highest BCUT2D eigenvalue weighted by atomic mass is 15.2. The fourth-order valence-electron chi connectivity index (χ4n) is 2.68. The Balaban J connectivity index is 1.72. The second kappa shape index (κ2) is 1.99. The van der Waals surface area contributed by atoms with Crippen molar-refractivity contribution in [3.8, 4) is 0 Å². The molecule has 2 aliphatic heterocycles. The molecule has 2 bridgehead atoms. The van der Waals surface area contributed by atoms with Crippen molar-refractivity contribution in [2.45, 2.75) is 37.3 Å². The average molecular weight is 152 g/mol. The highest BCUT2D eigenvalue weighted by Crippen LogP contribution is 2.41. The van der Waals surface area contributed by atoms with Gasteiger partial charge in [-0.15, -0.1) is 0 Å². The number of fused-ring (bicyclic) bond motifs is 2. The Morgan fingerprint density at radius 3 is 2.73 bits per heavy atom. The van der Waals surface area contributed by atoms with Crippen molar-refractivity contribution in [2.75, 3.05) is 13.1 Å². The largest absolute Gasteiger partial charge is 0.311 e. The molecule has 1 saturated carbocycles. The van der Waals surface area contributed by atoms with Crippen LogP contribution in [0.5, 0.6) is 0 Å². The van der Waals surface area contributed by atoms with Crippen molar-refractivity contribution in [2.24, 2.45) is 5.92 Å². The van der Waals surface area contributed by atoms with Gasteiger partial charge in [-0.05, 0) is 18.8 Å². The first-order valence-corrected chi connectivity index (χ1v) is 4.85. The van der Waals surface area contributed by atoms with Gasteiger partial charge in [0.2, 0.25) is 0 Å². The van der Waals surface area contributed by atoms with E-state index in [4.69, 9.17) is 0 Å². The molecule has 3 rings (SSSR count). The van der Waals surface area contributed by atoms with E-state index in [1.807, 2.05) is 0 Å². The van der Waals surface area contributed by atoms with E-state index in [1.165, 1.54) is 38.8 Å². The van der Waals surface area contributed by atoms with Crippen LogP contribution in [0.1, 0.15) is 25.7 Å². The molecule has 0 aromatic rings. The maximum absolute atomic E-state index is 3.68. The molecule has 11 heavy (non-hydrogen) atoms. The molecule has 2 nitrogen and oxygen atoms in total. The molecular weight excluding hydrogens is 136 g/mol. The second-order valence-corrected chi connectivity index (χ2v) is 4.59. The summed E-state index contributed by atoms with van der Waals surface area (Å²) in [5.41, 5.74) is 0.534. The molecule has 2 atom stereocenters. The van der Waals surface area contributed by atoms with Crippen LogP contribution < -0.4 is 10.6 Å². The first-order chi connectivity index (χ1) is 5.36. The number of rotatable bonds is 2. The number of nitrogens with one attached hydrogen (secondary N) is 2. The fourth-order valence-corrected chi connectivity index (χ4v) is 2.68. The van der Waals surface area contributed by atoms with E-state index >= 15 is 0 Å². The van der Waals surface area contributed by atoms with Crippen molar-refractivity contribution in [1.82, 2.24) is 10.6 Å². The SMILES string of the molecule is C1CC1C[C@]12CN[C@H](CN1)C2. The predicted molar refractivity (Wildman–Crippen MR) is 44.5 cm³/mol. The molecule has 0 spiro atoms. The predicted octanol–water partition coefficient (Wildman–Crippen LogP) is 0.490. The van der Waals surface area contributed by atoms with Gasteiger partial charge in [-0.2, -0.15) is 0 Å². The van der Waals surface area contributed by atoms with E-state index in [0.717, 1.165) is 12.0 Å². The van der Waals surface area contributed by atoms with Gasteiger partial charge in [-0.25, -0.2) is 0 Å². The Morgan fingerprint density at radius 1 is 1.36 bits per heavy atom. The minimum absolute atomic E-state index is 0.534. The lowest BCUT2D eigenvalue weighted by molar-refractivity contribution is 0.338. The van der Waals surface area contributed by atoms with Gasteiger partial charge >= 0.3 is 0 Å². The topological polar surface area (TPSA) is 24.1 Å². The third-order valence-electron chi connectivity index (χ3n) is 3.47. The maximum Gasteiger partial charge on any atom is 0.0324 e. The molecule has 0 amide bonds. The van der Waals surface area contributed by atoms with Gasteiger partial charge in [0.25, 0.3) is 0 Å². The Hall–Kier alpha value is -0.0800. The monoisotopic (exact) mass is 152 g/mol. The summed E-state index contributed by atoms with van der Waals surface area (Å²) in [4.78, 5) is 0. The Kier molecular flexibility index (Phi) is 1.16. The summed E-state index contributed by atoms with van der Waals surface area (Å²) in [6.07, 6.45) is 5.82. The van der Waals surface area contributed by atoms with E-state index in [9.17, 15) is 0 Å². The quantitative estimate of drug-likeness (QED) is 0.602. The Labute approximate surface area is 67.7 Å². The normalized spacial score (nSPS) is 48.5. The summed E-state index contributed by atoms with van der Waals surface area (Å²) in [7, 11) is 0. The molecular formula is C9H16N2. The average Bonchev–Trinajstić information content (AvgIpc) is 2.63. The Morgan fingerprint density at radius 2 is 2.27 bits per heavy atom. The molecule has 62 valence electrons. The Bertz CT molecular complexity index is 166. The zero-order valence-corrected chi connectivity index (χ0v) is 6.90. The van der Waals surface area contributed by atoms with E-state index in [1.54, 1.807) is 0 Å². The zero-order valence-electron chi connectivity index (χ0n) is 6.90. The standard InChI is InChI=1S/C9H16N2/c1-2-7(1)3-9-4-8(5-11-9)10-6-9/h7-8,10-11H,1-6H2/t8-,9-/m0/s1. The van der Waals surface area contributed by atoms with E-state index in [0.29, 0.717) is 5.54 Å². The minimum Gasteiger partial charge on any atom is -0.311 e. The smallest absolute Gasteiger partial charge is 0.0324 e. The maximum atomic E-state index is 3.68. The van der Waals surface area contributed by atoms with Crippen molar-refractivity contribution in [3.05, 3.63) is 0 Å². The summed E-state index contributed by atoms with van der Waals surface area (Å²) in [6, 6.07) is 0.800. The summed E-state index contributed by atoms with van der Waals surface area (Å²) in [5.74, 6) is 1.07. The van der Waals surface area contributed by atoms with Gasteiger partial charge < -0.3 is 10.6 Å². The molecule has 0 aromatic carbocycles. The van der Waals surface area contributed by atoms with Gasteiger partial charge in [0, 0.05) is 24.7 Å². The first-order valence-electron chi connectivity index (χ1n) is 4.85. The van der Waals surface area contributed by atoms with E-state index in [2.05, 4.69) is 10.6 Å².